The summed E-state index contributed by atoms with van der Waals surface area (Å²) in [5.74, 6) is 0. The van der Waals surface area contributed by atoms with Crippen LogP contribution in [-0.2, 0) is 23.3 Å². The van der Waals surface area contributed by atoms with Crippen molar-refractivity contribution in [2.75, 3.05) is 36.8 Å². The molecule has 1 heterocycles. The van der Waals surface area contributed by atoms with Gasteiger partial charge >= 0.3 is 16.8 Å². The first-order valence-corrected chi connectivity index (χ1v) is 12.6. The summed E-state index contributed by atoms with van der Waals surface area (Å²) in [6.45, 7) is 18.1. The zero-order chi connectivity index (χ0) is 24.5. The Hall–Kier alpha value is -1.38. The van der Waals surface area contributed by atoms with Crippen molar-refractivity contribution in [2.45, 2.75) is 60.9 Å². The standard InChI is InChI=1S/C30H42N4.2BrH.Co/c1-22-17-24(3)29(25(4)18-22)32-13-9-15-34(21-28-11-7-8-12-31-28)16-10-14-33-30-26(5)19-23(2)20-27(30)6;;;/h7-8,11-12,17-20,32-33H,9-10,13-16,21H2,1-6H3;2*1H;/q;;;+2/p-2. The molecule has 0 spiro atoms. The van der Waals surface area contributed by atoms with Crippen LogP contribution in [0.25, 0.3) is 0 Å². The summed E-state index contributed by atoms with van der Waals surface area (Å²) in [7, 11) is 0. The summed E-state index contributed by atoms with van der Waals surface area (Å²) in [6.07, 6.45) is 4.09. The van der Waals surface area contributed by atoms with Gasteiger partial charge in [-0.25, -0.2) is 0 Å². The Kier molecular flexibility index (Phi) is 17.3. The summed E-state index contributed by atoms with van der Waals surface area (Å²) in [4.78, 5) is 7.10. The predicted molar refractivity (Wildman–Crippen MR) is 147 cm³/mol. The van der Waals surface area contributed by atoms with E-state index in [4.69, 9.17) is 0 Å². The van der Waals surface area contributed by atoms with E-state index in [1.54, 1.807) is 0 Å². The van der Waals surface area contributed by atoms with E-state index in [9.17, 15) is 0 Å². The summed E-state index contributed by atoms with van der Waals surface area (Å²) >= 11 is 0. The number of aromatic nitrogens is 1. The van der Waals surface area contributed by atoms with Gasteiger partial charge in [0.1, 0.15) is 0 Å². The van der Waals surface area contributed by atoms with E-state index >= 15 is 0 Å². The van der Waals surface area contributed by atoms with Crippen LogP contribution in [-0.4, -0.2) is 36.1 Å². The summed E-state index contributed by atoms with van der Waals surface area (Å²) in [5, 5.41) is 7.36. The normalized spacial score (nSPS) is 10.2. The smallest absolute Gasteiger partial charge is 1.00 e. The third kappa shape index (κ3) is 11.5. The van der Waals surface area contributed by atoms with Crippen LogP contribution in [0.4, 0.5) is 11.4 Å². The first kappa shape index (κ1) is 35.6. The van der Waals surface area contributed by atoms with E-state index in [0.29, 0.717) is 0 Å². The first-order valence-electron chi connectivity index (χ1n) is 12.6. The number of benzene rings is 2. The molecule has 4 nitrogen and oxygen atoms in total. The van der Waals surface area contributed by atoms with Crippen molar-refractivity contribution in [3.63, 3.8) is 0 Å². The SMILES string of the molecule is Cc1cc(C)c(NCCCN(CCCNc2c(C)cc(C)cc2C)Cc2ccccn2)c(C)c1.[Br-].[Br-].[Co+2]. The Morgan fingerprint density at radius 1 is 0.676 bits per heavy atom. The van der Waals surface area contributed by atoms with Gasteiger partial charge < -0.3 is 44.6 Å². The van der Waals surface area contributed by atoms with E-state index < -0.39 is 0 Å². The molecule has 0 aliphatic heterocycles. The molecule has 0 unspecified atom stereocenters. The third-order valence-corrected chi connectivity index (χ3v) is 6.37. The molecule has 0 saturated carbocycles. The second-order valence-corrected chi connectivity index (χ2v) is 9.71. The van der Waals surface area contributed by atoms with E-state index in [1.807, 2.05) is 12.3 Å². The number of halogens is 2. The Morgan fingerprint density at radius 2 is 1.11 bits per heavy atom. The van der Waals surface area contributed by atoms with Crippen LogP contribution >= 0.6 is 0 Å². The van der Waals surface area contributed by atoms with E-state index in [-0.39, 0.29) is 50.7 Å². The van der Waals surface area contributed by atoms with Crippen molar-refractivity contribution < 1.29 is 50.7 Å². The van der Waals surface area contributed by atoms with Gasteiger partial charge in [-0.3, -0.25) is 9.88 Å². The number of pyridine rings is 1. The van der Waals surface area contributed by atoms with Gasteiger partial charge in [0.15, 0.2) is 0 Å². The van der Waals surface area contributed by atoms with Crippen LogP contribution in [0, 0.1) is 41.5 Å². The monoisotopic (exact) mass is 675 g/mol. The zero-order valence-electron chi connectivity index (χ0n) is 23.1. The Balaban J connectivity index is 0.00000432. The first-order chi connectivity index (χ1) is 16.3. The molecule has 2 N–H and O–H groups in total. The van der Waals surface area contributed by atoms with E-state index in [0.717, 1.165) is 51.3 Å². The Labute approximate surface area is 256 Å². The number of aryl methyl sites for hydroxylation is 6. The van der Waals surface area contributed by atoms with Crippen LogP contribution in [0.15, 0.2) is 48.7 Å². The van der Waals surface area contributed by atoms with Crippen molar-refractivity contribution >= 4 is 11.4 Å². The molecule has 205 valence electrons. The van der Waals surface area contributed by atoms with E-state index in [1.165, 1.54) is 44.8 Å². The van der Waals surface area contributed by atoms with Crippen molar-refractivity contribution in [1.82, 2.24) is 9.88 Å². The minimum atomic E-state index is 0. The molecule has 0 atom stereocenters. The minimum absolute atomic E-state index is 0. The number of hydrogen-bond donors (Lipinski definition) is 2. The molecule has 0 bridgehead atoms. The maximum Gasteiger partial charge on any atom is 2.00 e. The van der Waals surface area contributed by atoms with Gasteiger partial charge in [0.2, 0.25) is 0 Å². The maximum atomic E-state index is 4.56. The van der Waals surface area contributed by atoms with Gasteiger partial charge in [-0.15, -0.1) is 0 Å². The number of rotatable bonds is 12. The van der Waals surface area contributed by atoms with Gasteiger partial charge in [-0.1, -0.05) is 41.5 Å². The van der Waals surface area contributed by atoms with Crippen molar-refractivity contribution in [3.05, 3.63) is 87.7 Å². The van der Waals surface area contributed by atoms with Crippen LogP contribution in [0.3, 0.4) is 0 Å². The molecule has 2 aromatic carbocycles. The quantitative estimate of drug-likeness (QED) is 0.278. The molecule has 0 saturated heterocycles. The molecule has 37 heavy (non-hydrogen) atoms. The molecule has 1 radical (unpaired) electrons. The number of nitrogens with one attached hydrogen (secondary N) is 2. The minimum Gasteiger partial charge on any atom is -1.00 e. The Morgan fingerprint density at radius 3 is 1.49 bits per heavy atom. The van der Waals surface area contributed by atoms with Gasteiger partial charge in [0.25, 0.3) is 0 Å². The van der Waals surface area contributed by atoms with E-state index in [2.05, 4.69) is 98.5 Å². The fourth-order valence-electron chi connectivity index (χ4n) is 4.94. The molecule has 0 fully saturated rings. The van der Waals surface area contributed by atoms with Gasteiger partial charge in [-0.2, -0.15) is 0 Å². The van der Waals surface area contributed by atoms with Crippen molar-refractivity contribution in [3.8, 4) is 0 Å². The molecule has 3 rings (SSSR count). The number of nitrogens with zero attached hydrogens (tertiary/aromatic N) is 2. The summed E-state index contributed by atoms with van der Waals surface area (Å²) in [5.41, 5.74) is 11.7. The third-order valence-electron chi connectivity index (χ3n) is 6.37. The second-order valence-electron chi connectivity index (χ2n) is 9.71. The molecule has 0 aliphatic carbocycles. The van der Waals surface area contributed by atoms with Crippen LogP contribution in [0.1, 0.15) is 51.9 Å². The van der Waals surface area contributed by atoms with Gasteiger partial charge in [-0.05, 0) is 88.8 Å². The molecular formula is C30H42Br2CoN4. The van der Waals surface area contributed by atoms with Gasteiger partial charge in [0.05, 0.1) is 5.69 Å². The summed E-state index contributed by atoms with van der Waals surface area (Å²) in [6, 6.07) is 15.2. The molecule has 0 amide bonds. The molecule has 7 heteroatoms. The maximum absolute atomic E-state index is 4.56. The van der Waals surface area contributed by atoms with Crippen molar-refractivity contribution in [2.24, 2.45) is 0 Å². The van der Waals surface area contributed by atoms with Crippen LogP contribution < -0.4 is 44.6 Å². The molecule has 1 aromatic heterocycles. The fraction of sp³-hybridized carbons (Fsp3) is 0.433. The second kappa shape index (κ2) is 18.0. The molecule has 3 aromatic rings. The van der Waals surface area contributed by atoms with Crippen LogP contribution in [0.2, 0.25) is 0 Å². The van der Waals surface area contributed by atoms with Crippen LogP contribution in [0.5, 0.6) is 0 Å². The number of hydrogen-bond acceptors (Lipinski definition) is 4. The topological polar surface area (TPSA) is 40.2 Å². The molecular weight excluding hydrogens is 635 g/mol. The zero-order valence-corrected chi connectivity index (χ0v) is 27.3. The average molecular weight is 677 g/mol. The van der Waals surface area contributed by atoms with Gasteiger partial charge in [0, 0.05) is 50.3 Å². The predicted octanol–water partition coefficient (Wildman–Crippen LogP) is 0.744. The number of anilines is 2. The fourth-order valence-corrected chi connectivity index (χ4v) is 4.94. The largest absolute Gasteiger partial charge is 2.00 e. The summed E-state index contributed by atoms with van der Waals surface area (Å²) < 4.78 is 0. The van der Waals surface area contributed by atoms with Crippen molar-refractivity contribution in [1.29, 1.82) is 0 Å². The average Bonchev–Trinajstić information content (AvgIpc) is 2.77. The Bertz CT molecular complexity index is 965. The molecule has 0 aliphatic rings.